The number of imidazole rings is 1. The lowest BCUT2D eigenvalue weighted by Crippen LogP contribution is -2.08. The van der Waals surface area contributed by atoms with Crippen LogP contribution in [0.5, 0.6) is 0 Å². The van der Waals surface area contributed by atoms with Gasteiger partial charge in [-0.1, -0.05) is 6.07 Å². The molecule has 0 aliphatic rings. The van der Waals surface area contributed by atoms with Crippen LogP contribution < -0.4 is 0 Å². The Balaban J connectivity index is 2.36. The van der Waals surface area contributed by atoms with Gasteiger partial charge in [-0.2, -0.15) is 0 Å². The van der Waals surface area contributed by atoms with Gasteiger partial charge in [-0.15, -0.1) is 11.6 Å². The van der Waals surface area contributed by atoms with Crippen LogP contribution in [0.3, 0.4) is 0 Å². The van der Waals surface area contributed by atoms with Crippen molar-refractivity contribution in [1.29, 1.82) is 0 Å². The Bertz CT molecular complexity index is 507. The van der Waals surface area contributed by atoms with E-state index in [0.717, 1.165) is 30.0 Å². The number of fused-ring (bicyclic) bond motifs is 1. The Hall–Kier alpha value is -1.06. The number of ether oxygens (including phenoxy) is 1. The van der Waals surface area contributed by atoms with E-state index in [4.69, 9.17) is 16.3 Å². The maximum Gasteiger partial charge on any atom is 0.124 e. The molecule has 0 N–H and O–H groups in total. The third-order valence-corrected chi connectivity index (χ3v) is 3.00. The number of hydrogen-bond acceptors (Lipinski definition) is 2. The lowest BCUT2D eigenvalue weighted by molar-refractivity contribution is 0.139. The second-order valence-corrected chi connectivity index (χ2v) is 4.27. The summed E-state index contributed by atoms with van der Waals surface area (Å²) >= 11 is 5.93. The summed E-state index contributed by atoms with van der Waals surface area (Å²) in [5.41, 5.74) is 3.36. The number of nitrogens with zero attached hydrogens (tertiary/aromatic N) is 2. The van der Waals surface area contributed by atoms with Crippen molar-refractivity contribution in [2.24, 2.45) is 0 Å². The molecule has 1 aromatic heterocycles. The first kappa shape index (κ1) is 12.4. The molecule has 1 aromatic carbocycles. The molecular weight excluding hydrogens is 236 g/mol. The van der Waals surface area contributed by atoms with Crippen molar-refractivity contribution < 1.29 is 4.74 Å². The highest BCUT2D eigenvalue weighted by molar-refractivity contribution is 6.16. The molecule has 0 unspecified atom stereocenters. The fraction of sp³-hybridized carbons (Fsp3) is 0.462. The van der Waals surface area contributed by atoms with Gasteiger partial charge in [0.2, 0.25) is 0 Å². The zero-order valence-electron chi connectivity index (χ0n) is 10.2. The zero-order valence-corrected chi connectivity index (χ0v) is 11.0. The second-order valence-electron chi connectivity index (χ2n) is 4.00. The molecule has 92 valence electrons. The van der Waals surface area contributed by atoms with Crippen LogP contribution in [0.25, 0.3) is 11.0 Å². The zero-order chi connectivity index (χ0) is 12.3. The predicted molar refractivity (Wildman–Crippen MR) is 70.5 cm³/mol. The first-order valence-electron chi connectivity index (χ1n) is 5.85. The van der Waals surface area contributed by atoms with Crippen LogP contribution in [0.2, 0.25) is 0 Å². The Labute approximate surface area is 106 Å². The first-order chi connectivity index (χ1) is 8.26. The van der Waals surface area contributed by atoms with Gasteiger partial charge in [-0.25, -0.2) is 4.98 Å². The van der Waals surface area contributed by atoms with E-state index >= 15 is 0 Å². The van der Waals surface area contributed by atoms with Crippen molar-refractivity contribution in [3.8, 4) is 0 Å². The molecule has 2 rings (SSSR count). The summed E-state index contributed by atoms with van der Waals surface area (Å²) in [6.07, 6.45) is 0. The maximum atomic E-state index is 5.93. The van der Waals surface area contributed by atoms with Gasteiger partial charge in [0, 0.05) is 13.2 Å². The van der Waals surface area contributed by atoms with E-state index in [1.54, 1.807) is 0 Å². The lowest BCUT2D eigenvalue weighted by atomic mass is 10.2. The molecule has 0 fully saturated rings. The summed E-state index contributed by atoms with van der Waals surface area (Å²) in [6, 6.07) is 6.28. The summed E-state index contributed by atoms with van der Waals surface area (Å²) in [4.78, 5) is 4.55. The van der Waals surface area contributed by atoms with Gasteiger partial charge in [-0.05, 0) is 31.5 Å². The molecule has 0 bridgehead atoms. The van der Waals surface area contributed by atoms with E-state index < -0.39 is 0 Å². The van der Waals surface area contributed by atoms with Crippen LogP contribution in [0, 0.1) is 6.92 Å². The highest BCUT2D eigenvalue weighted by Gasteiger charge is 2.09. The third kappa shape index (κ3) is 2.61. The molecule has 2 aromatic rings. The van der Waals surface area contributed by atoms with Crippen molar-refractivity contribution in [3.63, 3.8) is 0 Å². The van der Waals surface area contributed by atoms with Gasteiger partial charge >= 0.3 is 0 Å². The molecular formula is C13H17ClN2O. The molecule has 1 heterocycles. The highest BCUT2D eigenvalue weighted by atomic mass is 35.5. The van der Waals surface area contributed by atoms with Gasteiger partial charge < -0.3 is 9.30 Å². The Morgan fingerprint density at radius 1 is 1.41 bits per heavy atom. The van der Waals surface area contributed by atoms with Crippen molar-refractivity contribution in [2.45, 2.75) is 26.3 Å². The minimum atomic E-state index is 0.430. The first-order valence-corrected chi connectivity index (χ1v) is 6.39. The molecule has 0 saturated carbocycles. The fourth-order valence-electron chi connectivity index (χ4n) is 1.94. The maximum absolute atomic E-state index is 5.93. The third-order valence-electron chi connectivity index (χ3n) is 2.77. The van der Waals surface area contributed by atoms with E-state index in [-0.39, 0.29) is 0 Å². The van der Waals surface area contributed by atoms with Gasteiger partial charge in [0.05, 0.1) is 23.5 Å². The normalized spacial score (nSPS) is 11.2. The standard InChI is InChI=1S/C13H17ClN2O/c1-3-17-7-6-16-12-5-4-10(2)8-11(12)15-13(16)9-14/h4-5,8H,3,6-7,9H2,1-2H3. The van der Waals surface area contributed by atoms with E-state index in [2.05, 4.69) is 34.7 Å². The molecule has 3 nitrogen and oxygen atoms in total. The summed E-state index contributed by atoms with van der Waals surface area (Å²) < 4.78 is 7.52. The minimum absolute atomic E-state index is 0.430. The number of alkyl halides is 1. The molecule has 0 aliphatic carbocycles. The molecule has 4 heteroatoms. The number of aromatic nitrogens is 2. The van der Waals surface area contributed by atoms with Crippen LogP contribution in [0.15, 0.2) is 18.2 Å². The second kappa shape index (κ2) is 5.52. The van der Waals surface area contributed by atoms with Gasteiger partial charge in [0.1, 0.15) is 5.82 Å². The Morgan fingerprint density at radius 2 is 2.24 bits per heavy atom. The number of benzene rings is 1. The van der Waals surface area contributed by atoms with Gasteiger partial charge in [0.15, 0.2) is 0 Å². The van der Waals surface area contributed by atoms with E-state index in [1.165, 1.54) is 5.56 Å². The van der Waals surface area contributed by atoms with Crippen LogP contribution in [-0.4, -0.2) is 22.8 Å². The van der Waals surface area contributed by atoms with E-state index in [1.807, 2.05) is 6.92 Å². The van der Waals surface area contributed by atoms with Crippen molar-refractivity contribution in [1.82, 2.24) is 9.55 Å². The van der Waals surface area contributed by atoms with Gasteiger partial charge in [0.25, 0.3) is 0 Å². The SMILES string of the molecule is CCOCCn1c(CCl)nc2cc(C)ccc21. The quantitative estimate of drug-likeness (QED) is 0.604. The fourth-order valence-corrected chi connectivity index (χ4v) is 2.15. The highest BCUT2D eigenvalue weighted by Crippen LogP contribution is 2.18. The predicted octanol–water partition coefficient (Wildman–Crippen LogP) is 3.12. The summed E-state index contributed by atoms with van der Waals surface area (Å²) in [5.74, 6) is 1.34. The van der Waals surface area contributed by atoms with Crippen molar-refractivity contribution in [3.05, 3.63) is 29.6 Å². The van der Waals surface area contributed by atoms with E-state index in [9.17, 15) is 0 Å². The molecule has 0 aliphatic heterocycles. The monoisotopic (exact) mass is 252 g/mol. The van der Waals surface area contributed by atoms with E-state index in [0.29, 0.717) is 12.5 Å². The number of halogens is 1. The number of hydrogen-bond donors (Lipinski definition) is 0. The topological polar surface area (TPSA) is 27.1 Å². The lowest BCUT2D eigenvalue weighted by Gasteiger charge is -2.07. The number of rotatable bonds is 5. The Morgan fingerprint density at radius 3 is 2.94 bits per heavy atom. The van der Waals surface area contributed by atoms with Crippen LogP contribution in [0.1, 0.15) is 18.3 Å². The molecule has 0 spiro atoms. The summed E-state index contributed by atoms with van der Waals surface area (Å²) in [6.45, 7) is 6.30. The molecule has 0 radical (unpaired) electrons. The molecule has 17 heavy (non-hydrogen) atoms. The average Bonchev–Trinajstić information content (AvgIpc) is 2.67. The van der Waals surface area contributed by atoms with Crippen LogP contribution >= 0.6 is 11.6 Å². The van der Waals surface area contributed by atoms with Crippen LogP contribution in [-0.2, 0) is 17.2 Å². The molecule has 0 amide bonds. The van der Waals surface area contributed by atoms with Crippen molar-refractivity contribution in [2.75, 3.05) is 13.2 Å². The largest absolute Gasteiger partial charge is 0.380 e. The number of aryl methyl sites for hydroxylation is 1. The molecule has 0 atom stereocenters. The smallest absolute Gasteiger partial charge is 0.124 e. The van der Waals surface area contributed by atoms with Gasteiger partial charge in [-0.3, -0.25) is 0 Å². The summed E-state index contributed by atoms with van der Waals surface area (Å²) in [7, 11) is 0. The van der Waals surface area contributed by atoms with Crippen LogP contribution in [0.4, 0.5) is 0 Å². The average molecular weight is 253 g/mol. The Kier molecular flexibility index (Phi) is 4.02. The molecule has 0 saturated heterocycles. The van der Waals surface area contributed by atoms with Crippen molar-refractivity contribution >= 4 is 22.6 Å². The summed E-state index contributed by atoms with van der Waals surface area (Å²) in [5, 5.41) is 0. The minimum Gasteiger partial charge on any atom is -0.380 e.